The number of nitrogens with one attached hydrogen (secondary N) is 1. The van der Waals surface area contributed by atoms with Crippen molar-refractivity contribution in [3.05, 3.63) is 100 Å². The van der Waals surface area contributed by atoms with Gasteiger partial charge in [0, 0.05) is 16.7 Å². The Morgan fingerprint density at radius 2 is 1.77 bits per heavy atom. The maximum absolute atomic E-state index is 6.76. The van der Waals surface area contributed by atoms with Gasteiger partial charge in [0.2, 0.25) is 11.1 Å². The van der Waals surface area contributed by atoms with E-state index in [2.05, 4.69) is 61.6 Å². The predicted octanol–water partition coefficient (Wildman–Crippen LogP) is 6.19. The van der Waals surface area contributed by atoms with Crippen molar-refractivity contribution >= 4 is 23.4 Å². The first kappa shape index (κ1) is 21.8. The molecule has 4 aromatic rings. The summed E-state index contributed by atoms with van der Waals surface area (Å²) in [4.78, 5) is 4.78. The van der Waals surface area contributed by atoms with Crippen molar-refractivity contribution in [3.63, 3.8) is 0 Å². The van der Waals surface area contributed by atoms with Crippen LogP contribution >= 0.6 is 11.8 Å². The van der Waals surface area contributed by atoms with Crippen LogP contribution in [-0.2, 0) is 0 Å². The quantitative estimate of drug-likeness (QED) is 0.350. The normalized spacial score (nSPS) is 18.2. The number of rotatable bonds is 4. The molecule has 3 heterocycles. The zero-order valence-electron chi connectivity index (χ0n) is 20.1. The van der Waals surface area contributed by atoms with Gasteiger partial charge in [-0.25, -0.2) is 4.68 Å². The Kier molecular flexibility index (Phi) is 5.29. The lowest BCUT2D eigenvalue weighted by Gasteiger charge is -2.39. The van der Waals surface area contributed by atoms with Crippen LogP contribution in [0.3, 0.4) is 0 Å². The number of hydrogen-bond donors (Lipinski definition) is 1. The molecule has 0 radical (unpaired) electrons. The lowest BCUT2D eigenvalue weighted by atomic mass is 9.84. The van der Waals surface area contributed by atoms with Crippen LogP contribution in [0.2, 0.25) is 0 Å². The molecule has 6 nitrogen and oxygen atoms in total. The van der Waals surface area contributed by atoms with E-state index in [1.54, 1.807) is 7.11 Å². The van der Waals surface area contributed by atoms with Crippen LogP contribution < -0.4 is 14.8 Å². The molecule has 0 bridgehead atoms. The number of ether oxygens (including phenoxy) is 2. The van der Waals surface area contributed by atoms with Gasteiger partial charge in [0.05, 0.1) is 12.8 Å². The van der Waals surface area contributed by atoms with E-state index in [0.29, 0.717) is 0 Å². The van der Waals surface area contributed by atoms with Crippen LogP contribution in [0, 0.1) is 13.8 Å². The number of methoxy groups -OCH3 is 1. The zero-order valence-corrected chi connectivity index (χ0v) is 20.9. The third-order valence-corrected chi connectivity index (χ3v) is 7.14. The number of anilines is 1. The summed E-state index contributed by atoms with van der Waals surface area (Å²) in [5.41, 5.74) is 7.61. The number of aryl methyl sites for hydroxylation is 2. The van der Waals surface area contributed by atoms with Gasteiger partial charge in [-0.15, -0.1) is 5.10 Å². The maximum Gasteiger partial charge on any atom is 0.227 e. The summed E-state index contributed by atoms with van der Waals surface area (Å²) >= 11 is 1.53. The smallest absolute Gasteiger partial charge is 0.227 e. The third kappa shape index (κ3) is 3.58. The second-order valence-corrected chi connectivity index (χ2v) is 9.65. The first-order valence-electron chi connectivity index (χ1n) is 11.6. The summed E-state index contributed by atoms with van der Waals surface area (Å²) in [6.07, 6.45) is 1.62. The van der Waals surface area contributed by atoms with E-state index in [-0.39, 0.29) is 12.1 Å². The molecule has 0 fully saturated rings. The van der Waals surface area contributed by atoms with Crippen LogP contribution in [0.4, 0.5) is 5.95 Å². The number of nitrogens with zero attached hydrogens (tertiary/aromatic N) is 3. The highest BCUT2D eigenvalue weighted by Crippen LogP contribution is 2.52. The molecule has 3 aromatic carbocycles. The first-order chi connectivity index (χ1) is 17.1. The van der Waals surface area contributed by atoms with Gasteiger partial charge in [-0.1, -0.05) is 71.4 Å². The molecular weight excluding hydrogens is 456 g/mol. The summed E-state index contributed by atoms with van der Waals surface area (Å²) in [7, 11) is 1.70. The van der Waals surface area contributed by atoms with Gasteiger partial charge in [-0.3, -0.25) is 0 Å². The van der Waals surface area contributed by atoms with Crippen molar-refractivity contribution in [2.24, 2.45) is 0 Å². The molecule has 2 atom stereocenters. The fraction of sp³-hybridized carbons (Fsp3) is 0.214. The molecular formula is C28H26N4O2S. The number of fused-ring (bicyclic) bond motifs is 3. The Morgan fingerprint density at radius 3 is 2.54 bits per heavy atom. The Morgan fingerprint density at radius 1 is 1.00 bits per heavy atom. The van der Waals surface area contributed by atoms with Crippen LogP contribution in [-0.4, -0.2) is 28.1 Å². The van der Waals surface area contributed by atoms with Gasteiger partial charge in [0.25, 0.3) is 0 Å². The van der Waals surface area contributed by atoms with Crippen molar-refractivity contribution < 1.29 is 9.47 Å². The third-order valence-electron chi connectivity index (χ3n) is 6.61. The summed E-state index contributed by atoms with van der Waals surface area (Å²) in [5.74, 6) is 2.35. The predicted molar refractivity (Wildman–Crippen MR) is 139 cm³/mol. The number of aromatic nitrogens is 3. The van der Waals surface area contributed by atoms with E-state index in [4.69, 9.17) is 19.6 Å². The Labute approximate surface area is 209 Å². The highest BCUT2D eigenvalue weighted by molar-refractivity contribution is 7.98. The molecule has 0 amide bonds. The molecule has 2 aliphatic heterocycles. The molecule has 0 saturated heterocycles. The lowest BCUT2D eigenvalue weighted by molar-refractivity contribution is 0.217. The second kappa shape index (κ2) is 8.50. The van der Waals surface area contributed by atoms with E-state index in [1.165, 1.54) is 22.9 Å². The molecule has 1 aromatic heterocycles. The molecule has 7 heteroatoms. The molecule has 176 valence electrons. The number of thioether (sulfide) groups is 1. The SMILES string of the molecule is COc1ccccc1[C@H]1Oc2ccc(C)cc2C2=C1[C@H](c1ccc(C)cc1)n1nc(SC)nc1N2. The minimum atomic E-state index is -0.370. The van der Waals surface area contributed by atoms with E-state index in [0.717, 1.165) is 50.6 Å². The van der Waals surface area contributed by atoms with Gasteiger partial charge in [-0.2, -0.15) is 4.98 Å². The summed E-state index contributed by atoms with van der Waals surface area (Å²) in [5, 5.41) is 9.22. The summed E-state index contributed by atoms with van der Waals surface area (Å²) in [6, 6.07) is 22.8. The van der Waals surface area contributed by atoms with Gasteiger partial charge >= 0.3 is 0 Å². The molecule has 0 unspecified atom stereocenters. The molecule has 35 heavy (non-hydrogen) atoms. The fourth-order valence-electron chi connectivity index (χ4n) is 4.92. The number of benzene rings is 3. The summed E-state index contributed by atoms with van der Waals surface area (Å²) < 4.78 is 14.5. The Hall–Kier alpha value is -3.71. The lowest BCUT2D eigenvalue weighted by Crippen LogP contribution is -2.32. The summed E-state index contributed by atoms with van der Waals surface area (Å²) in [6.45, 7) is 4.20. The van der Waals surface area contributed by atoms with E-state index in [9.17, 15) is 0 Å². The molecule has 0 aliphatic carbocycles. The van der Waals surface area contributed by atoms with Gasteiger partial charge in [-0.05, 0) is 43.9 Å². The van der Waals surface area contributed by atoms with Crippen molar-refractivity contribution in [1.29, 1.82) is 0 Å². The minimum absolute atomic E-state index is 0.196. The van der Waals surface area contributed by atoms with Crippen molar-refractivity contribution in [2.75, 3.05) is 18.7 Å². The monoisotopic (exact) mass is 482 g/mol. The van der Waals surface area contributed by atoms with Gasteiger partial charge < -0.3 is 14.8 Å². The molecule has 6 rings (SSSR count). The van der Waals surface area contributed by atoms with Crippen molar-refractivity contribution in [2.45, 2.75) is 31.1 Å². The van der Waals surface area contributed by atoms with Crippen LogP contribution in [0.1, 0.15) is 40.0 Å². The van der Waals surface area contributed by atoms with Crippen molar-refractivity contribution in [3.8, 4) is 11.5 Å². The average Bonchev–Trinajstić information content (AvgIpc) is 3.31. The molecule has 1 N–H and O–H groups in total. The van der Waals surface area contributed by atoms with E-state index < -0.39 is 0 Å². The van der Waals surface area contributed by atoms with Crippen LogP contribution in [0.15, 0.2) is 77.5 Å². The Balaban J connectivity index is 1.65. The number of para-hydroxylation sites is 1. The van der Waals surface area contributed by atoms with Crippen LogP contribution in [0.25, 0.3) is 5.70 Å². The Bertz CT molecular complexity index is 1460. The molecule has 0 saturated carbocycles. The zero-order chi connectivity index (χ0) is 24.1. The van der Waals surface area contributed by atoms with Crippen molar-refractivity contribution in [1.82, 2.24) is 14.8 Å². The minimum Gasteiger partial charge on any atom is -0.496 e. The maximum atomic E-state index is 6.76. The largest absolute Gasteiger partial charge is 0.496 e. The van der Waals surface area contributed by atoms with Gasteiger partial charge in [0.1, 0.15) is 17.5 Å². The average molecular weight is 483 g/mol. The highest BCUT2D eigenvalue weighted by atomic mass is 32.2. The topological polar surface area (TPSA) is 61.2 Å². The van der Waals surface area contributed by atoms with Crippen LogP contribution in [0.5, 0.6) is 11.5 Å². The number of hydrogen-bond acceptors (Lipinski definition) is 6. The first-order valence-corrected chi connectivity index (χ1v) is 12.8. The van der Waals surface area contributed by atoms with E-state index in [1.807, 2.05) is 35.2 Å². The van der Waals surface area contributed by atoms with Gasteiger partial charge in [0.15, 0.2) is 6.10 Å². The fourth-order valence-corrected chi connectivity index (χ4v) is 5.27. The van der Waals surface area contributed by atoms with E-state index >= 15 is 0 Å². The highest BCUT2D eigenvalue weighted by Gasteiger charge is 2.42. The molecule has 0 spiro atoms. The second-order valence-electron chi connectivity index (χ2n) is 8.87. The standard InChI is InChI=1S/C28H26N4O2S/c1-16-9-12-18(13-10-16)25-23-24(29-27-30-28(35-4)31-32(25)27)20-15-17(2)11-14-22(20)34-26(23)19-7-5-6-8-21(19)33-3/h5-15,25-26H,1-4H3,(H,29,30,31)/t25-,26+/m0/s1. The molecule has 2 aliphatic rings.